The maximum absolute atomic E-state index is 12.8. The van der Waals surface area contributed by atoms with Crippen LogP contribution in [-0.2, 0) is 14.6 Å². The fourth-order valence-corrected chi connectivity index (χ4v) is 6.46. The molecule has 1 aliphatic heterocycles. The van der Waals surface area contributed by atoms with Crippen molar-refractivity contribution in [1.82, 2.24) is 9.88 Å². The van der Waals surface area contributed by atoms with Gasteiger partial charge in [-0.05, 0) is 38.3 Å². The van der Waals surface area contributed by atoms with E-state index in [0.29, 0.717) is 4.21 Å². The van der Waals surface area contributed by atoms with Gasteiger partial charge in [0.25, 0.3) is 0 Å². The molecule has 1 fully saturated rings. The smallest absolute Gasteiger partial charge is 0.232 e. The number of carbonyl (C=O) groups is 1. The Morgan fingerprint density at radius 3 is 2.56 bits per heavy atom. The van der Waals surface area contributed by atoms with E-state index < -0.39 is 9.84 Å². The molecule has 8 heteroatoms. The molecule has 25 heavy (non-hydrogen) atoms. The van der Waals surface area contributed by atoms with Crippen LogP contribution in [0.25, 0.3) is 0 Å². The van der Waals surface area contributed by atoms with Crippen LogP contribution in [0.15, 0.2) is 43.9 Å². The summed E-state index contributed by atoms with van der Waals surface area (Å²) in [7, 11) is -3.66. The number of carbonyl (C=O) groups excluding carboxylic acids is 1. The van der Waals surface area contributed by atoms with Crippen molar-refractivity contribution in [1.29, 1.82) is 0 Å². The molecule has 3 rings (SSSR count). The summed E-state index contributed by atoms with van der Waals surface area (Å²) in [4.78, 5) is 18.5. The molecule has 1 saturated heterocycles. The van der Waals surface area contributed by atoms with Crippen LogP contribution in [0.4, 0.5) is 0 Å². The van der Waals surface area contributed by atoms with Crippen molar-refractivity contribution in [3.8, 4) is 0 Å². The molecule has 0 N–H and O–H groups in total. The van der Waals surface area contributed by atoms with Crippen molar-refractivity contribution in [3.05, 3.63) is 35.3 Å². The van der Waals surface area contributed by atoms with E-state index in [1.54, 1.807) is 24.3 Å². The van der Waals surface area contributed by atoms with Crippen molar-refractivity contribution in [2.75, 3.05) is 18.8 Å². The molecule has 0 atom stereocenters. The number of aryl methyl sites for hydroxylation is 1. The highest BCUT2D eigenvalue weighted by atomic mass is 32.2. The lowest BCUT2D eigenvalue weighted by Gasteiger charge is -2.26. The Balaban J connectivity index is 1.74. The quantitative estimate of drug-likeness (QED) is 0.725. The molecule has 5 nitrogen and oxygen atoms in total. The first kappa shape index (κ1) is 18.4. The van der Waals surface area contributed by atoms with Gasteiger partial charge in [0, 0.05) is 13.1 Å². The highest BCUT2D eigenvalue weighted by Crippen LogP contribution is 2.33. The van der Waals surface area contributed by atoms with Crippen LogP contribution < -0.4 is 0 Å². The minimum absolute atomic E-state index is 0.0535. The van der Waals surface area contributed by atoms with Gasteiger partial charge in [-0.2, -0.15) is 0 Å². The van der Waals surface area contributed by atoms with Gasteiger partial charge < -0.3 is 4.90 Å². The molecule has 1 aliphatic rings. The number of likely N-dealkylation sites (tertiary alicyclic amines) is 1. The third kappa shape index (κ3) is 4.24. The van der Waals surface area contributed by atoms with E-state index in [-0.39, 0.29) is 21.6 Å². The molecule has 0 radical (unpaired) electrons. The van der Waals surface area contributed by atoms with Gasteiger partial charge in [-0.1, -0.05) is 17.7 Å². The Hall–Kier alpha value is -1.38. The SMILES string of the molecule is Cc1ccc(S(=O)(=O)c2ncsc2SCC(=O)N2CCCCC2)cc1. The second-order valence-corrected chi connectivity index (χ2v) is 9.96. The van der Waals surface area contributed by atoms with E-state index in [9.17, 15) is 13.2 Å². The monoisotopic (exact) mass is 396 g/mol. The van der Waals surface area contributed by atoms with Crippen LogP contribution in [0.2, 0.25) is 0 Å². The zero-order chi connectivity index (χ0) is 17.9. The van der Waals surface area contributed by atoms with E-state index >= 15 is 0 Å². The molecular formula is C17H20N2O3S3. The first-order valence-corrected chi connectivity index (χ1v) is 11.5. The number of nitrogens with zero attached hydrogens (tertiary/aromatic N) is 2. The Kier molecular flexibility index (Phi) is 5.81. The summed E-state index contributed by atoms with van der Waals surface area (Å²) < 4.78 is 26.2. The largest absolute Gasteiger partial charge is 0.342 e. The maximum atomic E-state index is 12.8. The van der Waals surface area contributed by atoms with Gasteiger partial charge in [0.15, 0.2) is 5.03 Å². The predicted molar refractivity (Wildman–Crippen MR) is 99.9 cm³/mol. The van der Waals surface area contributed by atoms with Gasteiger partial charge in [0.1, 0.15) is 0 Å². The highest BCUT2D eigenvalue weighted by molar-refractivity contribution is 8.02. The van der Waals surface area contributed by atoms with Crippen LogP contribution >= 0.6 is 23.1 Å². The molecule has 0 unspecified atom stereocenters. The zero-order valence-electron chi connectivity index (χ0n) is 14.0. The lowest BCUT2D eigenvalue weighted by Crippen LogP contribution is -2.36. The lowest BCUT2D eigenvalue weighted by atomic mass is 10.1. The fraction of sp³-hybridized carbons (Fsp3) is 0.412. The van der Waals surface area contributed by atoms with E-state index in [0.717, 1.165) is 31.5 Å². The van der Waals surface area contributed by atoms with Crippen LogP contribution in [0.1, 0.15) is 24.8 Å². The average Bonchev–Trinajstić information content (AvgIpc) is 3.10. The molecule has 1 aromatic carbocycles. The lowest BCUT2D eigenvalue weighted by molar-refractivity contribution is -0.129. The highest BCUT2D eigenvalue weighted by Gasteiger charge is 2.25. The second kappa shape index (κ2) is 7.88. The van der Waals surface area contributed by atoms with Gasteiger partial charge >= 0.3 is 0 Å². The van der Waals surface area contributed by atoms with E-state index in [1.165, 1.54) is 35.0 Å². The average molecular weight is 397 g/mol. The second-order valence-electron chi connectivity index (χ2n) is 5.99. The van der Waals surface area contributed by atoms with Crippen LogP contribution in [-0.4, -0.2) is 43.1 Å². The van der Waals surface area contributed by atoms with Crippen molar-refractivity contribution in [2.24, 2.45) is 0 Å². The first-order chi connectivity index (χ1) is 12.0. The minimum Gasteiger partial charge on any atom is -0.342 e. The summed E-state index contributed by atoms with van der Waals surface area (Å²) in [6.45, 7) is 3.51. The summed E-state index contributed by atoms with van der Waals surface area (Å²) in [6, 6.07) is 6.73. The fourth-order valence-electron chi connectivity index (χ4n) is 2.69. The number of thioether (sulfide) groups is 1. The van der Waals surface area contributed by atoms with Crippen molar-refractivity contribution in [3.63, 3.8) is 0 Å². The molecule has 0 aliphatic carbocycles. The molecule has 0 bridgehead atoms. The van der Waals surface area contributed by atoms with Crippen molar-refractivity contribution >= 4 is 38.8 Å². The molecule has 1 amide bonds. The number of rotatable bonds is 5. The number of benzene rings is 1. The Morgan fingerprint density at radius 1 is 1.20 bits per heavy atom. The number of thiazole rings is 1. The molecule has 1 aromatic heterocycles. The molecule has 2 heterocycles. The number of aromatic nitrogens is 1. The molecule has 0 saturated carbocycles. The summed E-state index contributed by atoms with van der Waals surface area (Å²) >= 11 is 2.53. The normalized spacial score (nSPS) is 15.3. The Morgan fingerprint density at radius 2 is 1.88 bits per heavy atom. The number of amides is 1. The van der Waals surface area contributed by atoms with Crippen molar-refractivity contribution < 1.29 is 13.2 Å². The molecule has 134 valence electrons. The topological polar surface area (TPSA) is 67.3 Å². The van der Waals surface area contributed by atoms with Gasteiger partial charge in [0.05, 0.1) is 20.4 Å². The van der Waals surface area contributed by atoms with E-state index in [4.69, 9.17) is 0 Å². The predicted octanol–water partition coefficient (Wildman–Crippen LogP) is 3.39. The number of sulfone groups is 1. The zero-order valence-corrected chi connectivity index (χ0v) is 16.4. The van der Waals surface area contributed by atoms with Gasteiger partial charge in [-0.3, -0.25) is 4.79 Å². The number of hydrogen-bond donors (Lipinski definition) is 0. The van der Waals surface area contributed by atoms with Gasteiger partial charge in [0.2, 0.25) is 15.7 Å². The van der Waals surface area contributed by atoms with E-state index in [1.807, 2.05) is 11.8 Å². The Labute approximate surface area is 156 Å². The van der Waals surface area contributed by atoms with E-state index in [2.05, 4.69) is 4.98 Å². The molecule has 2 aromatic rings. The van der Waals surface area contributed by atoms with Crippen molar-refractivity contribution in [2.45, 2.75) is 40.3 Å². The van der Waals surface area contributed by atoms with Crippen LogP contribution in [0.5, 0.6) is 0 Å². The standard InChI is InChI=1S/C17H20N2O3S3/c1-13-5-7-14(8-6-13)25(21,22)16-17(24-12-18-16)23-11-15(20)19-9-3-2-4-10-19/h5-8,12H,2-4,9-11H2,1H3. The summed E-state index contributed by atoms with van der Waals surface area (Å²) in [5.41, 5.74) is 2.52. The van der Waals surface area contributed by atoms with Gasteiger partial charge in [-0.25, -0.2) is 13.4 Å². The first-order valence-electron chi connectivity index (χ1n) is 8.14. The van der Waals surface area contributed by atoms with Crippen LogP contribution in [0.3, 0.4) is 0 Å². The molecule has 0 spiro atoms. The number of piperidine rings is 1. The molecular weight excluding hydrogens is 376 g/mol. The Bertz CT molecular complexity index is 838. The summed E-state index contributed by atoms with van der Waals surface area (Å²) in [5.74, 6) is 0.315. The summed E-state index contributed by atoms with van der Waals surface area (Å²) in [5, 5.41) is 0.0535. The van der Waals surface area contributed by atoms with Crippen LogP contribution in [0, 0.1) is 6.92 Å². The van der Waals surface area contributed by atoms with Gasteiger partial charge in [-0.15, -0.1) is 23.1 Å². The third-order valence-electron chi connectivity index (χ3n) is 4.13. The maximum Gasteiger partial charge on any atom is 0.232 e. The third-order valence-corrected chi connectivity index (χ3v) is 8.20. The summed E-state index contributed by atoms with van der Waals surface area (Å²) in [6.07, 6.45) is 3.26. The minimum atomic E-state index is -3.66. The number of hydrogen-bond acceptors (Lipinski definition) is 6.